The lowest BCUT2D eigenvalue weighted by Crippen LogP contribution is -2.57. The number of nitrogens with zero attached hydrogens (tertiary/aromatic N) is 1. The van der Waals surface area contributed by atoms with Crippen LogP contribution >= 0.6 is 0 Å². The number of nitrogens with one attached hydrogen (secondary N) is 1. The van der Waals surface area contributed by atoms with E-state index >= 15 is 0 Å². The Morgan fingerprint density at radius 2 is 1.81 bits per heavy atom. The molecule has 2 fully saturated rings. The zero-order chi connectivity index (χ0) is 19.3. The number of likely N-dealkylation sites (tertiary alicyclic amines) is 1. The molecule has 1 N–H and O–H groups in total. The zero-order valence-electron chi connectivity index (χ0n) is 16.6. The summed E-state index contributed by atoms with van der Waals surface area (Å²) in [7, 11) is -3.20. The van der Waals surface area contributed by atoms with Gasteiger partial charge in [-0.15, -0.1) is 0 Å². The fraction of sp³-hybridized carbons (Fsp3) is 0.714. The van der Waals surface area contributed by atoms with E-state index in [-0.39, 0.29) is 12.1 Å². The van der Waals surface area contributed by atoms with Crippen molar-refractivity contribution < 1.29 is 13.2 Å². The van der Waals surface area contributed by atoms with Gasteiger partial charge in [0.1, 0.15) is 0 Å². The van der Waals surface area contributed by atoms with Crippen molar-refractivity contribution in [3.8, 4) is 0 Å². The Hall–Kier alpha value is -0.950. The Morgan fingerprint density at radius 3 is 2.44 bits per heavy atom. The molecule has 152 valence electrons. The molecule has 3 rings (SSSR count). The van der Waals surface area contributed by atoms with Gasteiger partial charge in [-0.05, 0) is 63.1 Å². The van der Waals surface area contributed by atoms with Gasteiger partial charge in [0.25, 0.3) is 0 Å². The number of likely N-dealkylation sites (N-methyl/N-ethyl adjacent to an activating group) is 1. The topological polar surface area (TPSA) is 58.6 Å². The van der Waals surface area contributed by atoms with Gasteiger partial charge < -0.3 is 4.74 Å². The van der Waals surface area contributed by atoms with E-state index in [0.717, 1.165) is 38.8 Å². The van der Waals surface area contributed by atoms with Gasteiger partial charge in [-0.3, -0.25) is 4.90 Å². The molecule has 1 aromatic rings. The van der Waals surface area contributed by atoms with Crippen LogP contribution in [-0.2, 0) is 14.8 Å². The van der Waals surface area contributed by atoms with Crippen molar-refractivity contribution >= 4 is 10.0 Å². The summed E-state index contributed by atoms with van der Waals surface area (Å²) in [6.07, 6.45) is 7.97. The standard InChI is InChI=1S/C21H34N2O3S/c1-3-23-15-7-10-20(22-27(2,24)25)21(23)16-26-19-13-11-18(12-14-19)17-8-5-4-6-9-17/h4-6,8-9,18-22H,3,7,10-16H2,1-2H3/t18?,19?,20-,21-/m0/s1. The molecule has 2 aliphatic rings. The first-order valence-corrected chi connectivity index (χ1v) is 12.2. The third-order valence-corrected chi connectivity index (χ3v) is 6.84. The Bertz CT molecular complexity index is 672. The quantitative estimate of drug-likeness (QED) is 0.772. The Labute approximate surface area is 164 Å². The highest BCUT2D eigenvalue weighted by molar-refractivity contribution is 7.88. The van der Waals surface area contributed by atoms with Gasteiger partial charge in [0.05, 0.1) is 19.0 Å². The molecule has 1 saturated heterocycles. The molecule has 1 saturated carbocycles. The molecule has 0 aromatic heterocycles. The van der Waals surface area contributed by atoms with E-state index in [4.69, 9.17) is 4.74 Å². The first-order chi connectivity index (χ1) is 13.0. The number of hydrogen-bond acceptors (Lipinski definition) is 4. The molecule has 0 amide bonds. The lowest BCUT2D eigenvalue weighted by atomic mass is 9.83. The Kier molecular flexibility index (Phi) is 7.31. The lowest BCUT2D eigenvalue weighted by molar-refractivity contribution is -0.0260. The van der Waals surface area contributed by atoms with Crippen LogP contribution in [0.1, 0.15) is 56.9 Å². The third-order valence-electron chi connectivity index (χ3n) is 6.11. The van der Waals surface area contributed by atoms with Crippen LogP contribution in [0.25, 0.3) is 0 Å². The molecule has 6 heteroatoms. The summed E-state index contributed by atoms with van der Waals surface area (Å²) in [5.41, 5.74) is 1.44. The largest absolute Gasteiger partial charge is 0.377 e. The summed E-state index contributed by atoms with van der Waals surface area (Å²) in [5, 5.41) is 0. The highest BCUT2D eigenvalue weighted by Gasteiger charge is 2.33. The van der Waals surface area contributed by atoms with Gasteiger partial charge in [-0.2, -0.15) is 0 Å². The fourth-order valence-electron chi connectivity index (χ4n) is 4.68. The van der Waals surface area contributed by atoms with E-state index in [0.29, 0.717) is 18.6 Å². The average molecular weight is 395 g/mol. The van der Waals surface area contributed by atoms with Crippen molar-refractivity contribution in [3.63, 3.8) is 0 Å². The molecule has 2 atom stereocenters. The highest BCUT2D eigenvalue weighted by atomic mass is 32.2. The second kappa shape index (κ2) is 9.50. The molecular weight excluding hydrogens is 360 g/mol. The summed E-state index contributed by atoms with van der Waals surface area (Å²) < 4.78 is 32.6. The van der Waals surface area contributed by atoms with Crippen molar-refractivity contribution in [1.29, 1.82) is 0 Å². The third kappa shape index (κ3) is 6.01. The fourth-order valence-corrected chi connectivity index (χ4v) is 5.50. The first-order valence-electron chi connectivity index (χ1n) is 10.3. The van der Waals surface area contributed by atoms with E-state index in [9.17, 15) is 8.42 Å². The molecular formula is C21H34N2O3S. The van der Waals surface area contributed by atoms with E-state index in [1.807, 2.05) is 0 Å². The Morgan fingerprint density at radius 1 is 1.11 bits per heavy atom. The normalized spacial score (nSPS) is 30.3. The van der Waals surface area contributed by atoms with Crippen LogP contribution in [0.5, 0.6) is 0 Å². The van der Waals surface area contributed by atoms with Gasteiger partial charge in [-0.1, -0.05) is 37.3 Å². The van der Waals surface area contributed by atoms with E-state index in [2.05, 4.69) is 46.9 Å². The van der Waals surface area contributed by atoms with Gasteiger partial charge in [0.15, 0.2) is 0 Å². The van der Waals surface area contributed by atoms with Crippen LogP contribution in [-0.4, -0.2) is 57.5 Å². The number of sulfonamides is 1. The molecule has 1 heterocycles. The van der Waals surface area contributed by atoms with Crippen LogP contribution in [0.15, 0.2) is 30.3 Å². The molecule has 1 aromatic carbocycles. The second-order valence-electron chi connectivity index (χ2n) is 8.05. The minimum atomic E-state index is -3.20. The molecule has 5 nitrogen and oxygen atoms in total. The SMILES string of the molecule is CCN1CCC[C@H](NS(C)(=O)=O)[C@@H]1COC1CCC(c2ccccc2)CC1. The van der Waals surface area contributed by atoms with Gasteiger partial charge in [0.2, 0.25) is 10.0 Å². The minimum absolute atomic E-state index is 0.0469. The molecule has 1 aliphatic heterocycles. The number of rotatable bonds is 7. The van der Waals surface area contributed by atoms with Gasteiger partial charge in [0, 0.05) is 12.1 Å². The van der Waals surface area contributed by atoms with Crippen LogP contribution < -0.4 is 4.72 Å². The summed E-state index contributed by atoms with van der Waals surface area (Å²) in [6, 6.07) is 10.9. The maximum Gasteiger partial charge on any atom is 0.209 e. The maximum atomic E-state index is 11.7. The summed E-state index contributed by atoms with van der Waals surface area (Å²) >= 11 is 0. The number of hydrogen-bond donors (Lipinski definition) is 1. The van der Waals surface area contributed by atoms with Crippen molar-refractivity contribution in [2.24, 2.45) is 0 Å². The smallest absolute Gasteiger partial charge is 0.209 e. The van der Waals surface area contributed by atoms with E-state index < -0.39 is 10.0 Å². The molecule has 0 radical (unpaired) electrons. The van der Waals surface area contributed by atoms with Crippen LogP contribution in [0.4, 0.5) is 0 Å². The monoisotopic (exact) mass is 394 g/mol. The molecule has 27 heavy (non-hydrogen) atoms. The van der Waals surface area contributed by atoms with Crippen LogP contribution in [0, 0.1) is 0 Å². The lowest BCUT2D eigenvalue weighted by Gasteiger charge is -2.41. The average Bonchev–Trinajstić information content (AvgIpc) is 2.66. The highest BCUT2D eigenvalue weighted by Crippen LogP contribution is 2.34. The summed E-state index contributed by atoms with van der Waals surface area (Å²) in [4.78, 5) is 2.36. The van der Waals surface area contributed by atoms with Gasteiger partial charge >= 0.3 is 0 Å². The van der Waals surface area contributed by atoms with E-state index in [1.54, 1.807) is 0 Å². The number of benzene rings is 1. The van der Waals surface area contributed by atoms with Crippen molar-refractivity contribution in [2.75, 3.05) is 26.0 Å². The predicted octanol–water partition coefficient (Wildman–Crippen LogP) is 3.13. The van der Waals surface area contributed by atoms with Crippen LogP contribution in [0.2, 0.25) is 0 Å². The maximum absolute atomic E-state index is 11.7. The van der Waals surface area contributed by atoms with Crippen molar-refractivity contribution in [2.45, 2.75) is 69.6 Å². The summed E-state index contributed by atoms with van der Waals surface area (Å²) in [5.74, 6) is 0.646. The zero-order valence-corrected chi connectivity index (χ0v) is 17.5. The Balaban J connectivity index is 1.53. The van der Waals surface area contributed by atoms with E-state index in [1.165, 1.54) is 24.7 Å². The molecule has 1 aliphatic carbocycles. The van der Waals surface area contributed by atoms with Crippen LogP contribution in [0.3, 0.4) is 0 Å². The van der Waals surface area contributed by atoms with Crippen molar-refractivity contribution in [1.82, 2.24) is 9.62 Å². The summed E-state index contributed by atoms with van der Waals surface area (Å²) in [6.45, 7) is 4.70. The molecule has 0 spiro atoms. The van der Waals surface area contributed by atoms with Gasteiger partial charge in [-0.25, -0.2) is 13.1 Å². The first kappa shape index (κ1) is 20.8. The predicted molar refractivity (Wildman–Crippen MR) is 109 cm³/mol. The number of ether oxygens (including phenoxy) is 1. The molecule has 0 bridgehead atoms. The minimum Gasteiger partial charge on any atom is -0.377 e. The van der Waals surface area contributed by atoms with Crippen molar-refractivity contribution in [3.05, 3.63) is 35.9 Å². The number of piperidine rings is 1. The second-order valence-corrected chi connectivity index (χ2v) is 9.83. The molecule has 0 unspecified atom stereocenters.